The van der Waals surface area contributed by atoms with Crippen LogP contribution in [0.4, 0.5) is 10.1 Å². The third kappa shape index (κ3) is 8.49. The summed E-state index contributed by atoms with van der Waals surface area (Å²) in [6.07, 6.45) is 3.49. The summed E-state index contributed by atoms with van der Waals surface area (Å²) in [5.74, 6) is 0.790. The molecule has 7 heteroatoms. The van der Waals surface area contributed by atoms with Crippen molar-refractivity contribution >= 4 is 17.6 Å². The van der Waals surface area contributed by atoms with Gasteiger partial charge in [-0.3, -0.25) is 4.79 Å². The zero-order valence-electron chi connectivity index (χ0n) is 14.7. The van der Waals surface area contributed by atoms with Crippen molar-refractivity contribution in [3.05, 3.63) is 30.1 Å². The highest BCUT2D eigenvalue weighted by Gasteiger charge is 2.20. The summed E-state index contributed by atoms with van der Waals surface area (Å²) in [6, 6.07) is 5.63. The fraction of sp³-hybridized carbons (Fsp3) is 0.556. The number of nitrogens with one attached hydrogen (secondary N) is 3. The number of anilines is 1. The number of aliphatic imine (C=N–C) groups is 1. The first-order valence-corrected chi connectivity index (χ1v) is 8.82. The molecule has 2 rings (SSSR count). The minimum absolute atomic E-state index is 0.00904. The number of halogens is 1. The van der Waals surface area contributed by atoms with Crippen LogP contribution in [0.1, 0.15) is 26.2 Å². The van der Waals surface area contributed by atoms with Crippen molar-refractivity contribution in [2.24, 2.45) is 10.9 Å². The van der Waals surface area contributed by atoms with E-state index in [1.807, 2.05) is 6.92 Å². The monoisotopic (exact) mass is 350 g/mol. The molecule has 1 amide bonds. The molecule has 6 nitrogen and oxygen atoms in total. The van der Waals surface area contributed by atoms with E-state index in [0.717, 1.165) is 32.1 Å². The largest absolute Gasteiger partial charge is 0.381 e. The highest BCUT2D eigenvalue weighted by Crippen LogP contribution is 2.28. The lowest BCUT2D eigenvalue weighted by Gasteiger charge is -2.11. The molecule has 1 aromatic carbocycles. The quantitative estimate of drug-likeness (QED) is 0.343. The Labute approximate surface area is 148 Å². The lowest BCUT2D eigenvalue weighted by Crippen LogP contribution is -2.38. The van der Waals surface area contributed by atoms with Crippen LogP contribution >= 0.6 is 0 Å². The third-order valence-electron chi connectivity index (χ3n) is 3.66. The third-order valence-corrected chi connectivity index (χ3v) is 3.66. The Bertz CT molecular complexity index is 559. The van der Waals surface area contributed by atoms with Crippen LogP contribution in [0.5, 0.6) is 0 Å². The number of hydrogen-bond acceptors (Lipinski definition) is 3. The lowest BCUT2D eigenvalue weighted by atomic mass is 10.3. The number of carbonyl (C=O) groups excluding carboxylic acids is 1. The predicted octanol–water partition coefficient (Wildman–Crippen LogP) is 2.14. The van der Waals surface area contributed by atoms with E-state index in [1.54, 1.807) is 0 Å². The van der Waals surface area contributed by atoms with E-state index in [4.69, 9.17) is 4.74 Å². The van der Waals surface area contributed by atoms with Gasteiger partial charge < -0.3 is 20.7 Å². The van der Waals surface area contributed by atoms with E-state index in [2.05, 4.69) is 20.9 Å². The van der Waals surface area contributed by atoms with Gasteiger partial charge in [0.05, 0.1) is 0 Å². The second-order valence-electron chi connectivity index (χ2n) is 6.05. The first-order chi connectivity index (χ1) is 12.2. The van der Waals surface area contributed by atoms with E-state index >= 15 is 0 Å². The molecule has 3 N–H and O–H groups in total. The molecule has 0 unspecified atom stereocenters. The van der Waals surface area contributed by atoms with E-state index in [-0.39, 0.29) is 18.3 Å². The maximum absolute atomic E-state index is 12.8. The van der Waals surface area contributed by atoms with Crippen LogP contribution < -0.4 is 16.0 Å². The van der Waals surface area contributed by atoms with Crippen LogP contribution in [-0.2, 0) is 9.53 Å². The molecule has 0 aliphatic heterocycles. The number of carbonyl (C=O) groups is 1. The van der Waals surface area contributed by atoms with Gasteiger partial charge >= 0.3 is 0 Å². The number of rotatable bonds is 10. The van der Waals surface area contributed by atoms with E-state index < -0.39 is 0 Å². The molecule has 138 valence electrons. The van der Waals surface area contributed by atoms with Gasteiger partial charge in [0, 0.05) is 32.0 Å². The minimum atomic E-state index is -0.337. The molecule has 0 radical (unpaired) electrons. The second kappa shape index (κ2) is 10.7. The summed E-state index contributed by atoms with van der Waals surface area (Å²) >= 11 is 0. The average Bonchev–Trinajstić information content (AvgIpc) is 3.42. The Kier molecular flexibility index (Phi) is 8.18. The van der Waals surface area contributed by atoms with E-state index in [1.165, 1.54) is 37.1 Å². The fourth-order valence-corrected chi connectivity index (χ4v) is 2.14. The van der Waals surface area contributed by atoms with Gasteiger partial charge in [0.2, 0.25) is 5.91 Å². The highest BCUT2D eigenvalue weighted by atomic mass is 19.1. The lowest BCUT2D eigenvalue weighted by molar-refractivity contribution is -0.114. The fourth-order valence-electron chi connectivity index (χ4n) is 2.14. The number of amides is 1. The topological polar surface area (TPSA) is 74.8 Å². The number of nitrogens with zero attached hydrogens (tertiary/aromatic N) is 1. The smallest absolute Gasteiger partial charge is 0.246 e. The summed E-state index contributed by atoms with van der Waals surface area (Å²) in [4.78, 5) is 16.2. The van der Waals surface area contributed by atoms with Gasteiger partial charge in [-0.05, 0) is 56.4 Å². The first-order valence-electron chi connectivity index (χ1n) is 8.82. The first kappa shape index (κ1) is 19.2. The summed E-state index contributed by atoms with van der Waals surface area (Å²) in [7, 11) is 0. The highest BCUT2D eigenvalue weighted by molar-refractivity contribution is 5.94. The minimum Gasteiger partial charge on any atom is -0.381 e. The predicted molar refractivity (Wildman–Crippen MR) is 97.2 cm³/mol. The molecule has 25 heavy (non-hydrogen) atoms. The van der Waals surface area contributed by atoms with Crippen LogP contribution in [0.3, 0.4) is 0 Å². The number of benzene rings is 1. The summed E-state index contributed by atoms with van der Waals surface area (Å²) in [5.41, 5.74) is 0.548. The van der Waals surface area contributed by atoms with Gasteiger partial charge in [-0.15, -0.1) is 0 Å². The Morgan fingerprint density at radius 1 is 1.28 bits per heavy atom. The normalized spacial score (nSPS) is 14.2. The standard InChI is InChI=1S/C18H27FN4O2/c1-2-20-18(21-10-3-11-25-13-14-4-5-14)22-12-17(24)23-16-8-6-15(19)7-9-16/h6-9,14H,2-5,10-13H2,1H3,(H,23,24)(H2,20,21,22). The van der Waals surface area contributed by atoms with Gasteiger partial charge in [0.15, 0.2) is 5.96 Å². The molecule has 0 spiro atoms. The molecule has 1 saturated carbocycles. The summed E-state index contributed by atoms with van der Waals surface area (Å²) in [6.45, 7) is 5.00. The molecule has 0 atom stereocenters. The Hall–Kier alpha value is -2.15. The summed E-state index contributed by atoms with van der Waals surface area (Å²) in [5, 5.41) is 8.96. The molecule has 0 saturated heterocycles. The van der Waals surface area contributed by atoms with Crippen molar-refractivity contribution in [1.29, 1.82) is 0 Å². The molecular formula is C18H27FN4O2. The van der Waals surface area contributed by atoms with Crippen molar-refractivity contribution in [2.75, 3.05) is 38.2 Å². The van der Waals surface area contributed by atoms with Gasteiger partial charge in [-0.1, -0.05) is 0 Å². The van der Waals surface area contributed by atoms with Crippen LogP contribution in [-0.4, -0.2) is 44.7 Å². The van der Waals surface area contributed by atoms with Crippen LogP contribution in [0, 0.1) is 11.7 Å². The average molecular weight is 350 g/mol. The Balaban J connectivity index is 1.65. The van der Waals surface area contributed by atoms with Gasteiger partial charge in [-0.25, -0.2) is 9.38 Å². The van der Waals surface area contributed by atoms with E-state index in [9.17, 15) is 9.18 Å². The Morgan fingerprint density at radius 3 is 2.72 bits per heavy atom. The molecule has 1 aliphatic carbocycles. The van der Waals surface area contributed by atoms with Gasteiger partial charge in [0.1, 0.15) is 12.4 Å². The molecule has 0 bridgehead atoms. The molecule has 1 fully saturated rings. The molecule has 1 aliphatic rings. The van der Waals surface area contributed by atoms with Crippen molar-refractivity contribution in [1.82, 2.24) is 10.6 Å². The van der Waals surface area contributed by atoms with Crippen molar-refractivity contribution in [3.8, 4) is 0 Å². The zero-order valence-corrected chi connectivity index (χ0v) is 14.7. The van der Waals surface area contributed by atoms with E-state index in [0.29, 0.717) is 18.2 Å². The van der Waals surface area contributed by atoms with Gasteiger partial charge in [-0.2, -0.15) is 0 Å². The van der Waals surface area contributed by atoms with Crippen molar-refractivity contribution < 1.29 is 13.9 Å². The number of guanidine groups is 1. The van der Waals surface area contributed by atoms with Crippen LogP contribution in [0.15, 0.2) is 29.3 Å². The van der Waals surface area contributed by atoms with Crippen LogP contribution in [0.2, 0.25) is 0 Å². The molecule has 1 aromatic rings. The Morgan fingerprint density at radius 2 is 2.04 bits per heavy atom. The molecular weight excluding hydrogens is 323 g/mol. The summed E-state index contributed by atoms with van der Waals surface area (Å²) < 4.78 is 18.4. The van der Waals surface area contributed by atoms with Crippen LogP contribution in [0.25, 0.3) is 0 Å². The molecule has 0 heterocycles. The zero-order chi connectivity index (χ0) is 17.9. The maximum atomic E-state index is 12.8. The second-order valence-corrected chi connectivity index (χ2v) is 6.05. The maximum Gasteiger partial charge on any atom is 0.246 e. The van der Waals surface area contributed by atoms with Gasteiger partial charge in [0.25, 0.3) is 0 Å². The SMILES string of the molecule is CCNC(=NCC(=O)Nc1ccc(F)cc1)NCCCOCC1CC1. The molecule has 0 aromatic heterocycles. The number of ether oxygens (including phenoxy) is 1. The van der Waals surface area contributed by atoms with Crippen molar-refractivity contribution in [2.45, 2.75) is 26.2 Å². The number of hydrogen-bond donors (Lipinski definition) is 3. The van der Waals surface area contributed by atoms with Crippen molar-refractivity contribution in [3.63, 3.8) is 0 Å².